The first-order chi connectivity index (χ1) is 8.06. The summed E-state index contributed by atoms with van der Waals surface area (Å²) >= 11 is 8.31. The maximum Gasteiger partial charge on any atom is 0.172 e. The van der Waals surface area contributed by atoms with Crippen LogP contribution in [0, 0.1) is 17.4 Å². The van der Waals surface area contributed by atoms with Gasteiger partial charge in [0.15, 0.2) is 11.0 Å². The van der Waals surface area contributed by atoms with Crippen LogP contribution in [0.15, 0.2) is 24.3 Å². The number of aryl methyl sites for hydroxylation is 2. The fraction of sp³-hybridized carbons (Fsp3) is 0.167. The molecule has 2 aromatic rings. The lowest BCUT2D eigenvalue weighted by molar-refractivity contribution is 1.05. The minimum absolute atomic E-state index is 0.395. The first-order valence-electron chi connectivity index (χ1n) is 5.09. The van der Waals surface area contributed by atoms with Crippen molar-refractivity contribution < 1.29 is 0 Å². The van der Waals surface area contributed by atoms with E-state index in [1.54, 1.807) is 0 Å². The lowest BCUT2D eigenvalue weighted by Gasteiger charge is -2.09. The monoisotopic (exact) mass is 359 g/mol. The van der Waals surface area contributed by atoms with Crippen LogP contribution in [0.1, 0.15) is 11.4 Å². The molecule has 0 saturated heterocycles. The van der Waals surface area contributed by atoms with Crippen molar-refractivity contribution >= 4 is 45.7 Å². The molecule has 2 rings (SSSR count). The number of hydrogen-bond donors (Lipinski definition) is 1. The summed E-state index contributed by atoms with van der Waals surface area (Å²) in [5.41, 5.74) is 2.68. The summed E-state index contributed by atoms with van der Waals surface area (Å²) in [6.07, 6.45) is 0. The van der Waals surface area contributed by atoms with E-state index in [1.807, 2.05) is 38.1 Å². The summed E-state index contributed by atoms with van der Waals surface area (Å²) in [6.45, 7) is 3.81. The van der Waals surface area contributed by atoms with Gasteiger partial charge in [-0.1, -0.05) is 17.7 Å². The standard InChI is InChI=1S/C12H11ClIN3/c1-7-8(2)16-12(11(13)15-7)17-10-5-3-4-9(14)6-10/h3-6H,1-2H3,(H,16,17). The molecule has 1 heterocycles. The van der Waals surface area contributed by atoms with Crippen LogP contribution in [0.3, 0.4) is 0 Å². The zero-order valence-electron chi connectivity index (χ0n) is 9.46. The van der Waals surface area contributed by atoms with Crippen LogP contribution < -0.4 is 5.32 Å². The molecule has 0 bridgehead atoms. The quantitative estimate of drug-likeness (QED) is 0.821. The minimum atomic E-state index is 0.395. The Kier molecular flexibility index (Phi) is 3.83. The maximum atomic E-state index is 6.05. The molecular weight excluding hydrogens is 349 g/mol. The van der Waals surface area contributed by atoms with E-state index in [1.165, 1.54) is 0 Å². The normalized spacial score (nSPS) is 10.4. The molecule has 0 atom stereocenters. The number of nitrogens with zero attached hydrogens (tertiary/aromatic N) is 2. The summed E-state index contributed by atoms with van der Waals surface area (Å²) < 4.78 is 1.15. The van der Waals surface area contributed by atoms with E-state index >= 15 is 0 Å². The van der Waals surface area contributed by atoms with E-state index in [-0.39, 0.29) is 0 Å². The third-order valence-corrected chi connectivity index (χ3v) is 3.29. The van der Waals surface area contributed by atoms with Crippen molar-refractivity contribution in [1.82, 2.24) is 9.97 Å². The average Bonchev–Trinajstić information content (AvgIpc) is 2.26. The van der Waals surface area contributed by atoms with Crippen LogP contribution in [0.2, 0.25) is 5.15 Å². The number of hydrogen-bond acceptors (Lipinski definition) is 3. The first kappa shape index (κ1) is 12.6. The van der Waals surface area contributed by atoms with Crippen molar-refractivity contribution in [3.05, 3.63) is 44.4 Å². The number of benzene rings is 1. The van der Waals surface area contributed by atoms with Gasteiger partial charge < -0.3 is 5.32 Å². The highest BCUT2D eigenvalue weighted by molar-refractivity contribution is 14.1. The Bertz CT molecular complexity index is 557. The average molecular weight is 360 g/mol. The molecule has 17 heavy (non-hydrogen) atoms. The van der Waals surface area contributed by atoms with Gasteiger partial charge in [0.2, 0.25) is 0 Å². The smallest absolute Gasteiger partial charge is 0.172 e. The highest BCUT2D eigenvalue weighted by atomic mass is 127. The lowest BCUT2D eigenvalue weighted by atomic mass is 10.3. The summed E-state index contributed by atoms with van der Waals surface area (Å²) in [5.74, 6) is 0.594. The number of anilines is 2. The van der Waals surface area contributed by atoms with Crippen LogP contribution in [-0.2, 0) is 0 Å². The largest absolute Gasteiger partial charge is 0.338 e. The van der Waals surface area contributed by atoms with E-state index in [4.69, 9.17) is 11.6 Å². The molecule has 0 spiro atoms. The van der Waals surface area contributed by atoms with E-state index in [9.17, 15) is 0 Å². The Balaban J connectivity index is 2.33. The van der Waals surface area contributed by atoms with Gasteiger partial charge in [-0.15, -0.1) is 0 Å². The molecule has 0 radical (unpaired) electrons. The van der Waals surface area contributed by atoms with Crippen molar-refractivity contribution in [2.24, 2.45) is 0 Å². The molecule has 1 N–H and O–H groups in total. The summed E-state index contributed by atoms with van der Waals surface area (Å²) in [6, 6.07) is 8.00. The molecule has 0 saturated carbocycles. The van der Waals surface area contributed by atoms with Crippen LogP contribution >= 0.6 is 34.2 Å². The van der Waals surface area contributed by atoms with Gasteiger partial charge >= 0.3 is 0 Å². The minimum Gasteiger partial charge on any atom is -0.338 e. The molecule has 0 unspecified atom stereocenters. The van der Waals surface area contributed by atoms with Gasteiger partial charge in [-0.2, -0.15) is 0 Å². The second kappa shape index (κ2) is 5.18. The Morgan fingerprint density at radius 3 is 2.59 bits per heavy atom. The summed E-state index contributed by atoms with van der Waals surface area (Å²) in [4.78, 5) is 8.62. The third-order valence-electron chi connectivity index (χ3n) is 2.35. The number of aromatic nitrogens is 2. The van der Waals surface area contributed by atoms with Gasteiger partial charge in [-0.05, 0) is 54.6 Å². The Labute approximate surface area is 119 Å². The van der Waals surface area contributed by atoms with Crippen molar-refractivity contribution in [3.8, 4) is 0 Å². The van der Waals surface area contributed by atoms with Gasteiger partial charge in [0.05, 0.1) is 11.4 Å². The highest BCUT2D eigenvalue weighted by Gasteiger charge is 2.07. The number of nitrogens with one attached hydrogen (secondary N) is 1. The molecule has 3 nitrogen and oxygen atoms in total. The van der Waals surface area contributed by atoms with Crippen LogP contribution in [-0.4, -0.2) is 9.97 Å². The molecule has 1 aromatic heterocycles. The van der Waals surface area contributed by atoms with E-state index in [2.05, 4.69) is 37.9 Å². The van der Waals surface area contributed by atoms with Crippen LogP contribution in [0.25, 0.3) is 0 Å². The summed E-state index contributed by atoms with van der Waals surface area (Å²) in [5, 5.41) is 3.57. The molecule has 88 valence electrons. The highest BCUT2D eigenvalue weighted by Crippen LogP contribution is 2.23. The second-order valence-electron chi connectivity index (χ2n) is 3.67. The number of rotatable bonds is 2. The van der Waals surface area contributed by atoms with E-state index in [0.717, 1.165) is 20.6 Å². The fourth-order valence-electron chi connectivity index (χ4n) is 1.36. The molecule has 1 aromatic carbocycles. The van der Waals surface area contributed by atoms with Crippen LogP contribution in [0.5, 0.6) is 0 Å². The molecule has 0 aliphatic heterocycles. The molecule has 5 heteroatoms. The zero-order chi connectivity index (χ0) is 12.4. The second-order valence-corrected chi connectivity index (χ2v) is 5.27. The third kappa shape index (κ3) is 3.07. The van der Waals surface area contributed by atoms with Crippen LogP contribution in [0.4, 0.5) is 11.5 Å². The molecule has 0 aliphatic carbocycles. The SMILES string of the molecule is Cc1nc(Cl)c(Nc2cccc(I)c2)nc1C. The van der Waals surface area contributed by atoms with Crippen molar-refractivity contribution in [1.29, 1.82) is 0 Å². The van der Waals surface area contributed by atoms with Crippen molar-refractivity contribution in [2.45, 2.75) is 13.8 Å². The van der Waals surface area contributed by atoms with E-state index < -0.39 is 0 Å². The molecule has 0 amide bonds. The van der Waals surface area contributed by atoms with Gasteiger partial charge in [0.25, 0.3) is 0 Å². The topological polar surface area (TPSA) is 37.8 Å². The van der Waals surface area contributed by atoms with Crippen molar-refractivity contribution in [2.75, 3.05) is 5.32 Å². The van der Waals surface area contributed by atoms with Gasteiger partial charge in [0, 0.05) is 9.26 Å². The fourth-order valence-corrected chi connectivity index (χ4v) is 2.12. The maximum absolute atomic E-state index is 6.05. The molecular formula is C12H11ClIN3. The zero-order valence-corrected chi connectivity index (χ0v) is 12.4. The predicted octanol–water partition coefficient (Wildman–Crippen LogP) is 4.10. The molecule has 0 fully saturated rings. The Morgan fingerprint density at radius 2 is 1.88 bits per heavy atom. The Hall–Kier alpha value is -0.880. The molecule has 0 aliphatic rings. The van der Waals surface area contributed by atoms with Gasteiger partial charge in [-0.3, -0.25) is 0 Å². The van der Waals surface area contributed by atoms with Gasteiger partial charge in [-0.25, -0.2) is 9.97 Å². The van der Waals surface area contributed by atoms with Crippen molar-refractivity contribution in [3.63, 3.8) is 0 Å². The van der Waals surface area contributed by atoms with Gasteiger partial charge in [0.1, 0.15) is 0 Å². The number of halogens is 2. The first-order valence-corrected chi connectivity index (χ1v) is 6.55. The Morgan fingerprint density at radius 1 is 1.18 bits per heavy atom. The lowest BCUT2D eigenvalue weighted by Crippen LogP contribution is -2.00. The predicted molar refractivity (Wildman–Crippen MR) is 79.0 cm³/mol. The van der Waals surface area contributed by atoms with E-state index in [0.29, 0.717) is 11.0 Å². The summed E-state index contributed by atoms with van der Waals surface area (Å²) in [7, 11) is 0.